The third-order valence-electron chi connectivity index (χ3n) is 6.30. The van der Waals surface area contributed by atoms with Gasteiger partial charge in [-0.05, 0) is 62.2 Å². The Kier molecular flexibility index (Phi) is 8.29. The van der Waals surface area contributed by atoms with Gasteiger partial charge in [-0.2, -0.15) is 9.30 Å². The highest BCUT2D eigenvalue weighted by Crippen LogP contribution is 2.27. The second-order valence-corrected chi connectivity index (χ2v) is 12.1. The molecule has 1 heterocycles. The van der Waals surface area contributed by atoms with E-state index in [2.05, 4.69) is 4.99 Å². The lowest BCUT2D eigenvalue weighted by atomic mass is 9.96. The van der Waals surface area contributed by atoms with E-state index in [0.717, 1.165) is 36.8 Å². The van der Waals surface area contributed by atoms with E-state index in [0.29, 0.717) is 15.3 Å². The van der Waals surface area contributed by atoms with Crippen molar-refractivity contribution in [1.82, 2.24) is 8.87 Å². The maximum Gasteiger partial charge on any atom is 0.326 e. The van der Waals surface area contributed by atoms with Crippen LogP contribution in [0, 0.1) is 0 Å². The summed E-state index contributed by atoms with van der Waals surface area (Å²) in [5, 5.41) is 0.528. The summed E-state index contributed by atoms with van der Waals surface area (Å²) in [6.45, 7) is 1.86. The highest BCUT2D eigenvalue weighted by atomic mass is 35.5. The fourth-order valence-corrected chi connectivity index (χ4v) is 7.07. The summed E-state index contributed by atoms with van der Waals surface area (Å²) in [7, 11) is -2.04. The van der Waals surface area contributed by atoms with Gasteiger partial charge in [0, 0.05) is 23.7 Å². The molecule has 0 N–H and O–H groups in total. The Hall–Kier alpha value is -2.53. The Bertz CT molecular complexity index is 1440. The normalized spacial score (nSPS) is 15.5. The second kappa shape index (κ2) is 11.2. The van der Waals surface area contributed by atoms with Crippen LogP contribution in [-0.2, 0) is 26.1 Å². The minimum Gasteiger partial charge on any atom is -0.465 e. The molecule has 36 heavy (non-hydrogen) atoms. The molecular formula is C25H28ClN3O5S2. The number of rotatable bonds is 7. The van der Waals surface area contributed by atoms with Crippen molar-refractivity contribution < 1.29 is 22.7 Å². The van der Waals surface area contributed by atoms with E-state index in [-0.39, 0.29) is 29.7 Å². The van der Waals surface area contributed by atoms with Crippen LogP contribution in [-0.4, -0.2) is 48.9 Å². The molecule has 1 fully saturated rings. The highest BCUT2D eigenvalue weighted by Gasteiger charge is 2.29. The standard InChI is InChI=1S/C25H28ClN3O5S2/c1-3-34-23(30)16-29-21-14-11-18(26)15-22(21)35-25(29)27-24(31)17-9-12-20(13-10-17)36(32,33)28(2)19-7-5-4-6-8-19/h9-15,19H,3-8,16H2,1-2H3. The Morgan fingerprint density at radius 2 is 1.83 bits per heavy atom. The van der Waals surface area contributed by atoms with Crippen molar-refractivity contribution in [2.45, 2.75) is 56.5 Å². The van der Waals surface area contributed by atoms with Gasteiger partial charge in [-0.3, -0.25) is 9.59 Å². The lowest BCUT2D eigenvalue weighted by Crippen LogP contribution is -2.38. The first-order valence-corrected chi connectivity index (χ1v) is 14.5. The summed E-state index contributed by atoms with van der Waals surface area (Å²) < 4.78 is 35.1. The average Bonchev–Trinajstić information content (AvgIpc) is 3.19. The van der Waals surface area contributed by atoms with E-state index in [4.69, 9.17) is 16.3 Å². The van der Waals surface area contributed by atoms with Gasteiger partial charge in [-0.15, -0.1) is 0 Å². The zero-order chi connectivity index (χ0) is 25.9. The number of hydrogen-bond donors (Lipinski definition) is 0. The number of aromatic nitrogens is 1. The summed E-state index contributed by atoms with van der Waals surface area (Å²) in [5.74, 6) is -0.993. The van der Waals surface area contributed by atoms with Gasteiger partial charge in [-0.25, -0.2) is 8.42 Å². The lowest BCUT2D eigenvalue weighted by Gasteiger charge is -2.30. The fourth-order valence-electron chi connectivity index (χ4n) is 4.35. The molecule has 11 heteroatoms. The second-order valence-electron chi connectivity index (χ2n) is 8.64. The van der Waals surface area contributed by atoms with Gasteiger partial charge in [0.15, 0.2) is 4.80 Å². The summed E-state index contributed by atoms with van der Waals surface area (Å²) in [4.78, 5) is 29.9. The number of esters is 1. The molecule has 192 valence electrons. The summed E-state index contributed by atoms with van der Waals surface area (Å²) in [6.07, 6.45) is 4.91. The van der Waals surface area contributed by atoms with Crippen molar-refractivity contribution in [2.24, 2.45) is 4.99 Å². The van der Waals surface area contributed by atoms with Gasteiger partial charge in [0.25, 0.3) is 5.91 Å². The van der Waals surface area contributed by atoms with E-state index in [1.165, 1.54) is 39.9 Å². The maximum absolute atomic E-state index is 13.1. The monoisotopic (exact) mass is 549 g/mol. The molecule has 0 bridgehead atoms. The molecule has 2 aromatic carbocycles. The minimum atomic E-state index is -3.66. The molecule has 1 amide bonds. The van der Waals surface area contributed by atoms with Crippen molar-refractivity contribution in [1.29, 1.82) is 0 Å². The predicted octanol–water partition coefficient (Wildman–Crippen LogP) is 4.61. The Morgan fingerprint density at radius 1 is 1.14 bits per heavy atom. The first kappa shape index (κ1) is 26.5. The molecule has 1 aliphatic carbocycles. The number of carbonyl (C=O) groups is 2. The molecule has 8 nitrogen and oxygen atoms in total. The Labute approximate surface area is 219 Å². The van der Waals surface area contributed by atoms with Crippen LogP contribution in [0.2, 0.25) is 5.02 Å². The maximum atomic E-state index is 13.1. The first-order valence-electron chi connectivity index (χ1n) is 11.8. The van der Waals surface area contributed by atoms with E-state index >= 15 is 0 Å². The largest absolute Gasteiger partial charge is 0.465 e. The van der Waals surface area contributed by atoms with Crippen LogP contribution in [0.5, 0.6) is 0 Å². The molecule has 1 saturated carbocycles. The number of carbonyl (C=O) groups excluding carboxylic acids is 2. The zero-order valence-corrected chi connectivity index (χ0v) is 22.5. The number of halogens is 1. The van der Waals surface area contributed by atoms with E-state index in [9.17, 15) is 18.0 Å². The molecule has 1 aliphatic rings. The van der Waals surface area contributed by atoms with Crippen molar-refractivity contribution in [3.8, 4) is 0 Å². The topological polar surface area (TPSA) is 98.0 Å². The Morgan fingerprint density at radius 3 is 2.50 bits per heavy atom. The lowest BCUT2D eigenvalue weighted by molar-refractivity contribution is -0.143. The first-order chi connectivity index (χ1) is 17.2. The van der Waals surface area contributed by atoms with Crippen LogP contribution in [0.4, 0.5) is 0 Å². The van der Waals surface area contributed by atoms with Gasteiger partial charge >= 0.3 is 5.97 Å². The number of sulfonamides is 1. The van der Waals surface area contributed by atoms with Crippen LogP contribution in [0.3, 0.4) is 0 Å². The molecular weight excluding hydrogens is 522 g/mol. The number of thiazole rings is 1. The van der Waals surface area contributed by atoms with E-state index in [1.807, 2.05) is 0 Å². The predicted molar refractivity (Wildman–Crippen MR) is 140 cm³/mol. The van der Waals surface area contributed by atoms with Gasteiger partial charge in [0.2, 0.25) is 10.0 Å². The molecule has 0 saturated heterocycles. The van der Waals surface area contributed by atoms with E-state index < -0.39 is 21.9 Å². The number of benzene rings is 2. The fraction of sp³-hybridized carbons (Fsp3) is 0.400. The smallest absolute Gasteiger partial charge is 0.326 e. The average molecular weight is 550 g/mol. The molecule has 0 aliphatic heterocycles. The molecule has 1 aromatic heterocycles. The summed E-state index contributed by atoms with van der Waals surface area (Å²) >= 11 is 7.35. The number of ether oxygens (including phenoxy) is 1. The number of fused-ring (bicyclic) bond motifs is 1. The molecule has 0 radical (unpaired) electrons. The third kappa shape index (κ3) is 5.72. The van der Waals surface area contributed by atoms with Crippen molar-refractivity contribution in [3.05, 3.63) is 57.9 Å². The summed E-state index contributed by atoms with van der Waals surface area (Å²) in [5.41, 5.74) is 0.948. The van der Waals surface area contributed by atoms with Crippen LogP contribution in [0.15, 0.2) is 52.4 Å². The van der Waals surface area contributed by atoms with Gasteiger partial charge < -0.3 is 9.30 Å². The number of nitrogens with zero attached hydrogens (tertiary/aromatic N) is 3. The van der Waals surface area contributed by atoms with Crippen molar-refractivity contribution >= 4 is 55.1 Å². The number of amides is 1. The summed E-state index contributed by atoms with van der Waals surface area (Å²) in [6, 6.07) is 11.0. The minimum absolute atomic E-state index is 0.00336. The van der Waals surface area contributed by atoms with Crippen LogP contribution >= 0.6 is 22.9 Å². The van der Waals surface area contributed by atoms with Gasteiger partial charge in [0.05, 0.1) is 21.7 Å². The molecule has 0 atom stereocenters. The Balaban J connectivity index is 1.63. The molecule has 0 spiro atoms. The molecule has 3 aromatic rings. The van der Waals surface area contributed by atoms with Gasteiger partial charge in [-0.1, -0.05) is 42.2 Å². The highest BCUT2D eigenvalue weighted by molar-refractivity contribution is 7.89. The van der Waals surface area contributed by atoms with Crippen molar-refractivity contribution in [3.63, 3.8) is 0 Å². The van der Waals surface area contributed by atoms with Crippen molar-refractivity contribution in [2.75, 3.05) is 13.7 Å². The van der Waals surface area contributed by atoms with Crippen LogP contribution in [0.1, 0.15) is 49.4 Å². The number of hydrogen-bond acceptors (Lipinski definition) is 6. The molecule has 4 rings (SSSR count). The zero-order valence-electron chi connectivity index (χ0n) is 20.1. The quantitative estimate of drug-likeness (QED) is 0.401. The SMILES string of the molecule is CCOC(=O)Cn1c(=NC(=O)c2ccc(S(=O)(=O)N(C)C3CCCCC3)cc2)sc2cc(Cl)ccc21. The van der Waals surface area contributed by atoms with E-state index in [1.54, 1.807) is 36.7 Å². The molecule has 0 unspecified atom stereocenters. The van der Waals surface area contributed by atoms with Crippen LogP contribution in [0.25, 0.3) is 10.2 Å². The van der Waals surface area contributed by atoms with Crippen LogP contribution < -0.4 is 4.80 Å². The van der Waals surface area contributed by atoms with Gasteiger partial charge in [0.1, 0.15) is 6.54 Å². The third-order valence-corrected chi connectivity index (χ3v) is 9.50.